The number of aliphatic hydroxyl groups excluding tert-OH is 1. The Bertz CT molecular complexity index is 510. The molecule has 1 atom stereocenters. The number of hydrogen-bond acceptors (Lipinski definition) is 4. The zero-order valence-corrected chi connectivity index (χ0v) is 9.96. The molecular weight excluding hydrogens is 250 g/mol. The number of hydrogen-bond donors (Lipinski definition) is 4. The summed E-state index contributed by atoms with van der Waals surface area (Å²) in [6.07, 6.45) is -1.60. The third-order valence-electron chi connectivity index (χ3n) is 2.28. The minimum Gasteiger partial charge on any atom is -0.479 e. The van der Waals surface area contributed by atoms with E-state index in [0.29, 0.717) is 11.3 Å². The Kier molecular flexibility index (Phi) is 5.32. The van der Waals surface area contributed by atoms with Crippen LogP contribution in [0.4, 0.5) is 10.5 Å². The number of rotatable bonds is 5. The maximum atomic E-state index is 11.5. The molecule has 0 aromatic heterocycles. The summed E-state index contributed by atoms with van der Waals surface area (Å²) in [6, 6.07) is 7.84. The van der Waals surface area contributed by atoms with E-state index in [1.807, 2.05) is 6.07 Å². The highest BCUT2D eigenvalue weighted by Gasteiger charge is 2.13. The van der Waals surface area contributed by atoms with Gasteiger partial charge in [-0.2, -0.15) is 5.26 Å². The van der Waals surface area contributed by atoms with Crippen LogP contribution in [0.25, 0.3) is 0 Å². The first-order chi connectivity index (χ1) is 9.04. The zero-order chi connectivity index (χ0) is 14.3. The summed E-state index contributed by atoms with van der Waals surface area (Å²) in [5.41, 5.74) is 0.685. The van der Waals surface area contributed by atoms with Crippen molar-refractivity contribution in [2.75, 3.05) is 11.9 Å². The molecule has 0 aliphatic rings. The van der Waals surface area contributed by atoms with Crippen LogP contribution >= 0.6 is 0 Å². The Labute approximate surface area is 109 Å². The van der Waals surface area contributed by atoms with E-state index >= 15 is 0 Å². The second-order valence-electron chi connectivity index (χ2n) is 3.68. The minimum absolute atomic E-state index is 0.00796. The van der Waals surface area contributed by atoms with Gasteiger partial charge in [0.05, 0.1) is 11.3 Å². The molecule has 7 heteroatoms. The first-order valence-electron chi connectivity index (χ1n) is 5.49. The molecule has 4 N–H and O–H groups in total. The van der Waals surface area contributed by atoms with Crippen LogP contribution in [0.15, 0.2) is 24.3 Å². The van der Waals surface area contributed by atoms with E-state index in [2.05, 4.69) is 10.6 Å². The number of aliphatic carboxylic acids is 1. The van der Waals surface area contributed by atoms with Crippen molar-refractivity contribution in [2.45, 2.75) is 12.5 Å². The fraction of sp³-hybridized carbons (Fsp3) is 0.250. The summed E-state index contributed by atoms with van der Waals surface area (Å²) >= 11 is 0. The van der Waals surface area contributed by atoms with Crippen LogP contribution in [0.5, 0.6) is 0 Å². The molecule has 7 nitrogen and oxygen atoms in total. The number of para-hydroxylation sites is 1. The average Bonchev–Trinajstić information content (AvgIpc) is 2.39. The van der Waals surface area contributed by atoms with Crippen molar-refractivity contribution in [3.8, 4) is 6.07 Å². The van der Waals surface area contributed by atoms with Crippen LogP contribution in [0.2, 0.25) is 0 Å². The number of carboxylic acids is 1. The number of nitriles is 1. The highest BCUT2D eigenvalue weighted by atomic mass is 16.4. The average molecular weight is 263 g/mol. The summed E-state index contributed by atoms with van der Waals surface area (Å²) in [5.74, 6) is -1.34. The molecule has 0 aliphatic heterocycles. The molecule has 19 heavy (non-hydrogen) atoms. The molecule has 2 amide bonds. The highest BCUT2D eigenvalue weighted by molar-refractivity contribution is 5.90. The maximum absolute atomic E-state index is 11.5. The number of anilines is 1. The van der Waals surface area contributed by atoms with E-state index in [1.54, 1.807) is 24.3 Å². The molecule has 0 bridgehead atoms. The van der Waals surface area contributed by atoms with Gasteiger partial charge in [0.1, 0.15) is 6.07 Å². The van der Waals surface area contributed by atoms with Crippen LogP contribution in [0, 0.1) is 11.3 Å². The molecule has 0 fully saturated rings. The van der Waals surface area contributed by atoms with Crippen molar-refractivity contribution in [2.24, 2.45) is 0 Å². The molecule has 100 valence electrons. The van der Waals surface area contributed by atoms with Crippen LogP contribution < -0.4 is 10.6 Å². The maximum Gasteiger partial charge on any atom is 0.332 e. The van der Waals surface area contributed by atoms with Gasteiger partial charge in [-0.15, -0.1) is 0 Å². The minimum atomic E-state index is -1.51. The summed E-state index contributed by atoms with van der Waals surface area (Å²) in [5, 5.41) is 31.1. The molecule has 0 heterocycles. The van der Waals surface area contributed by atoms with Gasteiger partial charge in [0.25, 0.3) is 0 Å². The Hall–Kier alpha value is -2.59. The molecule has 0 aliphatic carbocycles. The Morgan fingerprint density at radius 1 is 1.37 bits per heavy atom. The normalized spacial score (nSPS) is 11.2. The van der Waals surface area contributed by atoms with Crippen molar-refractivity contribution in [3.63, 3.8) is 0 Å². The van der Waals surface area contributed by atoms with Gasteiger partial charge >= 0.3 is 12.0 Å². The number of aliphatic hydroxyl groups is 1. The number of nitrogens with zero attached hydrogens (tertiary/aromatic N) is 1. The van der Waals surface area contributed by atoms with Crippen molar-refractivity contribution in [3.05, 3.63) is 29.8 Å². The number of amides is 2. The third kappa shape index (κ3) is 4.65. The van der Waals surface area contributed by atoms with Gasteiger partial charge in [-0.05, 0) is 12.1 Å². The lowest BCUT2D eigenvalue weighted by atomic mass is 10.2. The van der Waals surface area contributed by atoms with Gasteiger partial charge in [0.2, 0.25) is 0 Å². The van der Waals surface area contributed by atoms with E-state index in [9.17, 15) is 9.59 Å². The second-order valence-corrected chi connectivity index (χ2v) is 3.68. The lowest BCUT2D eigenvalue weighted by Gasteiger charge is -2.09. The number of carbonyl (C=O) groups is 2. The van der Waals surface area contributed by atoms with E-state index < -0.39 is 18.1 Å². The van der Waals surface area contributed by atoms with Gasteiger partial charge in [-0.3, -0.25) is 0 Å². The van der Waals surface area contributed by atoms with Crippen LogP contribution in [0.3, 0.4) is 0 Å². The number of carboxylic acid groups (broad SMARTS) is 1. The summed E-state index contributed by atoms with van der Waals surface area (Å²) < 4.78 is 0. The topological polar surface area (TPSA) is 122 Å². The second kappa shape index (κ2) is 6.98. The lowest BCUT2D eigenvalue weighted by molar-refractivity contribution is -0.146. The molecule has 0 saturated heterocycles. The molecule has 0 saturated carbocycles. The Morgan fingerprint density at radius 2 is 2.05 bits per heavy atom. The van der Waals surface area contributed by atoms with Gasteiger partial charge in [-0.1, -0.05) is 12.1 Å². The van der Waals surface area contributed by atoms with Gasteiger partial charge in [-0.25, -0.2) is 9.59 Å². The van der Waals surface area contributed by atoms with Crippen LogP contribution in [0.1, 0.15) is 12.0 Å². The van der Waals surface area contributed by atoms with Crippen molar-refractivity contribution in [1.82, 2.24) is 5.32 Å². The Balaban J connectivity index is 2.44. The molecule has 1 aromatic carbocycles. The van der Waals surface area contributed by atoms with Gasteiger partial charge in [0.15, 0.2) is 6.10 Å². The van der Waals surface area contributed by atoms with Crippen molar-refractivity contribution >= 4 is 17.7 Å². The van der Waals surface area contributed by atoms with Crippen molar-refractivity contribution in [1.29, 1.82) is 5.26 Å². The fourth-order valence-electron chi connectivity index (χ4n) is 1.30. The molecule has 0 radical (unpaired) electrons. The van der Waals surface area contributed by atoms with Crippen LogP contribution in [-0.4, -0.2) is 34.9 Å². The monoisotopic (exact) mass is 263 g/mol. The largest absolute Gasteiger partial charge is 0.479 e. The number of urea groups is 1. The SMILES string of the molecule is N#Cc1ccccc1NC(=O)NCC[C@H](O)C(=O)O. The predicted molar refractivity (Wildman–Crippen MR) is 66.4 cm³/mol. The molecule has 0 spiro atoms. The standard InChI is InChI=1S/C12H13N3O4/c13-7-8-3-1-2-4-9(8)15-12(19)14-6-5-10(16)11(17)18/h1-4,10,16H,5-6H2,(H,17,18)(H2,14,15,19)/t10-/m0/s1. The van der Waals surface area contributed by atoms with Gasteiger partial charge < -0.3 is 20.8 Å². The molecular formula is C12H13N3O4. The fourth-order valence-corrected chi connectivity index (χ4v) is 1.30. The van der Waals surface area contributed by atoms with E-state index in [1.165, 1.54) is 0 Å². The van der Waals surface area contributed by atoms with Crippen molar-refractivity contribution < 1.29 is 19.8 Å². The Morgan fingerprint density at radius 3 is 2.68 bits per heavy atom. The summed E-state index contributed by atoms with van der Waals surface area (Å²) in [7, 11) is 0. The quantitative estimate of drug-likeness (QED) is 0.616. The summed E-state index contributed by atoms with van der Waals surface area (Å²) in [4.78, 5) is 21.8. The highest BCUT2D eigenvalue weighted by Crippen LogP contribution is 2.12. The number of benzene rings is 1. The molecule has 1 aromatic rings. The third-order valence-corrected chi connectivity index (χ3v) is 2.28. The number of carbonyl (C=O) groups excluding carboxylic acids is 1. The van der Waals surface area contributed by atoms with Gasteiger partial charge in [0, 0.05) is 13.0 Å². The van der Waals surface area contributed by atoms with E-state index in [4.69, 9.17) is 15.5 Å². The number of nitrogens with one attached hydrogen (secondary N) is 2. The smallest absolute Gasteiger partial charge is 0.332 e. The predicted octanol–water partition coefficient (Wildman–Crippen LogP) is 0.515. The molecule has 1 rings (SSSR count). The summed E-state index contributed by atoms with van der Waals surface area (Å²) in [6.45, 7) is 0.00796. The lowest BCUT2D eigenvalue weighted by Crippen LogP contribution is -2.33. The molecule has 0 unspecified atom stereocenters. The first kappa shape index (κ1) is 14.5. The van der Waals surface area contributed by atoms with Crippen LogP contribution in [-0.2, 0) is 4.79 Å². The first-order valence-corrected chi connectivity index (χ1v) is 5.49. The van der Waals surface area contributed by atoms with E-state index in [-0.39, 0.29) is 13.0 Å². The van der Waals surface area contributed by atoms with E-state index in [0.717, 1.165) is 0 Å². The zero-order valence-electron chi connectivity index (χ0n) is 9.96.